The minimum Gasteiger partial charge on any atom is -0.508 e. The summed E-state index contributed by atoms with van der Waals surface area (Å²) in [6.07, 6.45) is 0. The topological polar surface area (TPSA) is 69.6 Å². The van der Waals surface area contributed by atoms with Crippen molar-refractivity contribution in [3.8, 4) is 5.75 Å². The van der Waals surface area contributed by atoms with Gasteiger partial charge in [-0.3, -0.25) is 4.79 Å². The van der Waals surface area contributed by atoms with E-state index < -0.39 is 0 Å². The summed E-state index contributed by atoms with van der Waals surface area (Å²) >= 11 is 1.42. The van der Waals surface area contributed by atoms with Crippen LogP contribution in [0.3, 0.4) is 0 Å². The molecule has 0 saturated carbocycles. The van der Waals surface area contributed by atoms with Crippen molar-refractivity contribution in [3.05, 3.63) is 35.7 Å². The highest BCUT2D eigenvalue weighted by molar-refractivity contribution is 7.09. The van der Waals surface area contributed by atoms with Crippen molar-refractivity contribution >= 4 is 22.6 Å². The molecule has 0 aliphatic carbocycles. The molecule has 1 amide bonds. The molecule has 7 heteroatoms. The van der Waals surface area contributed by atoms with E-state index in [-0.39, 0.29) is 17.1 Å². The normalized spacial score (nSPS) is 15.6. The smallest absolute Gasteiger partial charge is 0.254 e. The van der Waals surface area contributed by atoms with Gasteiger partial charge < -0.3 is 14.9 Å². The lowest BCUT2D eigenvalue weighted by molar-refractivity contribution is 0.0746. The van der Waals surface area contributed by atoms with Crippen LogP contribution >= 0.6 is 11.5 Å². The van der Waals surface area contributed by atoms with Crippen LogP contribution in [-0.4, -0.2) is 51.5 Å². The van der Waals surface area contributed by atoms with Gasteiger partial charge in [-0.05, 0) is 18.2 Å². The fraction of sp³-hybridized carbons (Fsp3) is 0.471. The van der Waals surface area contributed by atoms with Crippen molar-refractivity contribution in [3.63, 3.8) is 0 Å². The first-order valence-electron chi connectivity index (χ1n) is 8.02. The van der Waals surface area contributed by atoms with Crippen molar-refractivity contribution in [2.24, 2.45) is 0 Å². The number of phenolic OH excluding ortho intramolecular Hbond substituents is 1. The van der Waals surface area contributed by atoms with Crippen LogP contribution in [0.5, 0.6) is 5.75 Å². The van der Waals surface area contributed by atoms with Crippen molar-refractivity contribution in [2.45, 2.75) is 26.2 Å². The van der Waals surface area contributed by atoms with Crippen LogP contribution in [0.15, 0.2) is 24.3 Å². The van der Waals surface area contributed by atoms with Gasteiger partial charge in [-0.15, -0.1) is 0 Å². The summed E-state index contributed by atoms with van der Waals surface area (Å²) in [7, 11) is 0. The highest BCUT2D eigenvalue weighted by atomic mass is 32.1. The Morgan fingerprint density at radius 1 is 1.21 bits per heavy atom. The molecule has 0 spiro atoms. The number of amides is 1. The molecule has 1 aliphatic rings. The maximum atomic E-state index is 12.5. The molecule has 2 heterocycles. The van der Waals surface area contributed by atoms with E-state index in [1.165, 1.54) is 17.6 Å². The summed E-state index contributed by atoms with van der Waals surface area (Å²) in [5, 5.41) is 10.4. The standard InChI is InChI=1S/C17H22N4O2S/c1-17(2,3)15-18-16(24-19-15)21-9-7-20(8-10-21)14(23)12-5-4-6-13(22)11-12/h4-6,11,22H,7-10H2,1-3H3. The summed E-state index contributed by atoms with van der Waals surface area (Å²) < 4.78 is 4.45. The molecule has 0 bridgehead atoms. The highest BCUT2D eigenvalue weighted by Gasteiger charge is 2.26. The van der Waals surface area contributed by atoms with Crippen LogP contribution in [0.4, 0.5) is 5.13 Å². The Morgan fingerprint density at radius 3 is 2.50 bits per heavy atom. The van der Waals surface area contributed by atoms with Crippen molar-refractivity contribution in [2.75, 3.05) is 31.1 Å². The van der Waals surface area contributed by atoms with Gasteiger partial charge in [0.25, 0.3) is 5.91 Å². The maximum absolute atomic E-state index is 12.5. The number of phenols is 1. The number of anilines is 1. The van der Waals surface area contributed by atoms with Gasteiger partial charge in [-0.1, -0.05) is 26.8 Å². The number of hydrogen-bond donors (Lipinski definition) is 1. The molecular weight excluding hydrogens is 324 g/mol. The molecule has 1 saturated heterocycles. The number of aromatic hydroxyl groups is 1. The number of aromatic nitrogens is 2. The summed E-state index contributed by atoms with van der Waals surface area (Å²) in [6.45, 7) is 9.06. The monoisotopic (exact) mass is 346 g/mol. The Labute approximate surface area is 145 Å². The third-order valence-electron chi connectivity index (χ3n) is 4.02. The van der Waals surface area contributed by atoms with E-state index in [1.54, 1.807) is 18.2 Å². The lowest BCUT2D eigenvalue weighted by Crippen LogP contribution is -2.48. The van der Waals surface area contributed by atoms with Crippen LogP contribution in [0.25, 0.3) is 0 Å². The molecule has 128 valence electrons. The van der Waals surface area contributed by atoms with Gasteiger partial charge in [0.1, 0.15) is 11.6 Å². The average Bonchev–Trinajstić information content (AvgIpc) is 3.04. The Morgan fingerprint density at radius 2 is 1.92 bits per heavy atom. The van der Waals surface area contributed by atoms with Gasteiger partial charge >= 0.3 is 0 Å². The second-order valence-corrected chi connectivity index (χ2v) is 7.71. The summed E-state index contributed by atoms with van der Waals surface area (Å²) in [4.78, 5) is 21.1. The van der Waals surface area contributed by atoms with Gasteiger partial charge in [0.05, 0.1) is 0 Å². The zero-order chi connectivity index (χ0) is 17.3. The predicted octanol–water partition coefficient (Wildman–Crippen LogP) is 2.50. The molecule has 1 aromatic carbocycles. The lowest BCUT2D eigenvalue weighted by atomic mass is 9.96. The van der Waals surface area contributed by atoms with E-state index in [4.69, 9.17) is 0 Å². The number of carbonyl (C=O) groups is 1. The van der Waals surface area contributed by atoms with Gasteiger partial charge in [0.2, 0.25) is 5.13 Å². The molecular formula is C17H22N4O2S. The molecule has 1 fully saturated rings. The minimum atomic E-state index is -0.0537. The first kappa shape index (κ1) is 16.7. The predicted molar refractivity (Wildman–Crippen MR) is 94.8 cm³/mol. The summed E-state index contributed by atoms with van der Waals surface area (Å²) in [5.41, 5.74) is 0.469. The summed E-state index contributed by atoms with van der Waals surface area (Å²) in [5.74, 6) is 0.932. The maximum Gasteiger partial charge on any atom is 0.254 e. The molecule has 1 N–H and O–H groups in total. The fourth-order valence-electron chi connectivity index (χ4n) is 2.57. The Bertz CT molecular complexity index is 730. The van der Waals surface area contributed by atoms with Gasteiger partial charge in [0, 0.05) is 48.7 Å². The highest BCUT2D eigenvalue weighted by Crippen LogP contribution is 2.26. The molecule has 0 unspecified atom stereocenters. The van der Waals surface area contributed by atoms with E-state index in [0.29, 0.717) is 18.7 Å². The number of piperazine rings is 1. The number of hydrogen-bond acceptors (Lipinski definition) is 6. The fourth-order valence-corrected chi connectivity index (χ4v) is 3.48. The van der Waals surface area contributed by atoms with Gasteiger partial charge in [-0.2, -0.15) is 4.37 Å². The molecule has 1 aliphatic heterocycles. The van der Waals surface area contributed by atoms with E-state index in [2.05, 4.69) is 35.0 Å². The molecule has 2 aromatic rings. The largest absolute Gasteiger partial charge is 0.508 e. The quantitative estimate of drug-likeness (QED) is 0.905. The first-order valence-corrected chi connectivity index (χ1v) is 8.79. The van der Waals surface area contributed by atoms with E-state index in [1.807, 2.05) is 4.90 Å². The second kappa shape index (κ2) is 6.39. The van der Waals surface area contributed by atoms with E-state index in [0.717, 1.165) is 24.0 Å². The molecule has 0 radical (unpaired) electrons. The third kappa shape index (κ3) is 3.51. The average molecular weight is 346 g/mol. The van der Waals surface area contributed by atoms with Crippen molar-refractivity contribution < 1.29 is 9.90 Å². The van der Waals surface area contributed by atoms with E-state index >= 15 is 0 Å². The van der Waals surface area contributed by atoms with Crippen molar-refractivity contribution in [1.82, 2.24) is 14.3 Å². The third-order valence-corrected chi connectivity index (χ3v) is 4.79. The SMILES string of the molecule is CC(C)(C)c1nsc(N2CCN(C(=O)c3cccc(O)c3)CC2)n1. The van der Waals surface area contributed by atoms with Crippen LogP contribution < -0.4 is 4.90 Å². The van der Waals surface area contributed by atoms with Crippen LogP contribution in [0.1, 0.15) is 37.0 Å². The second-order valence-electron chi connectivity index (χ2n) is 6.98. The zero-order valence-electron chi connectivity index (χ0n) is 14.2. The Balaban J connectivity index is 1.63. The molecule has 6 nitrogen and oxygen atoms in total. The first-order chi connectivity index (χ1) is 11.3. The number of benzene rings is 1. The minimum absolute atomic E-state index is 0.0433. The molecule has 0 atom stereocenters. The molecule has 24 heavy (non-hydrogen) atoms. The van der Waals surface area contributed by atoms with Crippen LogP contribution in [0, 0.1) is 0 Å². The summed E-state index contributed by atoms with van der Waals surface area (Å²) in [6, 6.07) is 6.49. The lowest BCUT2D eigenvalue weighted by Gasteiger charge is -2.34. The van der Waals surface area contributed by atoms with Crippen molar-refractivity contribution in [1.29, 1.82) is 0 Å². The van der Waals surface area contributed by atoms with Gasteiger partial charge in [-0.25, -0.2) is 4.98 Å². The van der Waals surface area contributed by atoms with E-state index in [9.17, 15) is 9.90 Å². The Hall–Kier alpha value is -2.15. The number of rotatable bonds is 2. The molecule has 3 rings (SSSR count). The number of nitrogens with zero attached hydrogens (tertiary/aromatic N) is 4. The van der Waals surface area contributed by atoms with Gasteiger partial charge in [0.15, 0.2) is 0 Å². The molecule has 1 aromatic heterocycles. The van der Waals surface area contributed by atoms with Crippen LogP contribution in [-0.2, 0) is 5.41 Å². The number of carbonyl (C=O) groups excluding carboxylic acids is 1. The zero-order valence-corrected chi connectivity index (χ0v) is 15.0. The van der Waals surface area contributed by atoms with Crippen LogP contribution in [0.2, 0.25) is 0 Å². The Kier molecular flexibility index (Phi) is 4.45.